The molecule has 0 saturated carbocycles. The van der Waals surface area contributed by atoms with E-state index in [1.165, 1.54) is 12.0 Å². The van der Waals surface area contributed by atoms with E-state index in [-0.39, 0.29) is 30.2 Å². The molecule has 2 rings (SSSR count). The van der Waals surface area contributed by atoms with Gasteiger partial charge in [0, 0.05) is 45.4 Å². The number of hydrogen-bond donors (Lipinski definition) is 1. The Balaban J connectivity index is 1.97. The molecular formula is C20H29N3O5. The summed E-state index contributed by atoms with van der Waals surface area (Å²) < 4.78 is 10.4. The van der Waals surface area contributed by atoms with Crippen LogP contribution in [0.2, 0.25) is 0 Å². The number of methoxy groups -OCH3 is 1. The smallest absolute Gasteiger partial charge is 0.257 e. The number of ether oxygens (including phenoxy) is 2. The van der Waals surface area contributed by atoms with Crippen LogP contribution in [0.3, 0.4) is 0 Å². The molecule has 1 saturated heterocycles. The van der Waals surface area contributed by atoms with E-state index in [2.05, 4.69) is 5.32 Å². The molecule has 8 nitrogen and oxygen atoms in total. The maximum absolute atomic E-state index is 12.6. The van der Waals surface area contributed by atoms with Gasteiger partial charge < -0.3 is 24.6 Å². The van der Waals surface area contributed by atoms with Crippen LogP contribution in [0.25, 0.3) is 0 Å². The molecule has 1 fully saturated rings. The molecule has 1 aliphatic rings. The molecule has 3 amide bonds. The molecule has 28 heavy (non-hydrogen) atoms. The first-order chi connectivity index (χ1) is 13.4. The van der Waals surface area contributed by atoms with Crippen LogP contribution in [0.5, 0.6) is 5.75 Å². The Kier molecular flexibility index (Phi) is 7.80. The first-order valence-electron chi connectivity index (χ1n) is 9.43. The number of hydrogen-bond acceptors (Lipinski definition) is 5. The average Bonchev–Trinajstić information content (AvgIpc) is 2.71. The number of nitrogens with zero attached hydrogens (tertiary/aromatic N) is 2. The number of carbonyl (C=O) groups excluding carboxylic acids is 3. The Hall–Kier alpha value is -2.61. The lowest BCUT2D eigenvalue weighted by atomic mass is 9.95. The maximum atomic E-state index is 12.6. The molecule has 0 aromatic heterocycles. The zero-order valence-electron chi connectivity index (χ0n) is 17.0. The van der Waals surface area contributed by atoms with E-state index < -0.39 is 0 Å². The molecule has 1 aromatic rings. The molecule has 1 aromatic carbocycles. The Morgan fingerprint density at radius 3 is 2.46 bits per heavy atom. The Morgan fingerprint density at radius 2 is 1.89 bits per heavy atom. The number of anilines is 1. The molecule has 1 heterocycles. The largest absolute Gasteiger partial charge is 0.496 e. The van der Waals surface area contributed by atoms with E-state index in [0.717, 1.165) is 0 Å². The molecule has 0 spiro atoms. The normalized spacial score (nSPS) is 14.5. The van der Waals surface area contributed by atoms with Crippen LogP contribution in [0, 0.1) is 5.92 Å². The van der Waals surface area contributed by atoms with E-state index in [1.54, 1.807) is 37.2 Å². The summed E-state index contributed by atoms with van der Waals surface area (Å²) in [6.07, 6.45) is 1.20. The summed E-state index contributed by atoms with van der Waals surface area (Å²) in [6.45, 7) is 3.52. The predicted octanol–water partition coefficient (Wildman–Crippen LogP) is 1.61. The number of likely N-dealkylation sites (tertiary alicyclic amines) is 1. The second-order valence-electron chi connectivity index (χ2n) is 6.90. The fourth-order valence-corrected chi connectivity index (χ4v) is 3.11. The van der Waals surface area contributed by atoms with Crippen molar-refractivity contribution in [2.75, 3.05) is 52.8 Å². The Morgan fingerprint density at radius 1 is 1.21 bits per heavy atom. The van der Waals surface area contributed by atoms with Crippen molar-refractivity contribution in [3.63, 3.8) is 0 Å². The second-order valence-corrected chi connectivity index (χ2v) is 6.90. The summed E-state index contributed by atoms with van der Waals surface area (Å²) in [5.41, 5.74) is 0.937. The summed E-state index contributed by atoms with van der Waals surface area (Å²) >= 11 is 0. The highest BCUT2D eigenvalue weighted by atomic mass is 16.5. The number of piperidine rings is 1. The summed E-state index contributed by atoms with van der Waals surface area (Å²) in [6, 6.07) is 5.01. The van der Waals surface area contributed by atoms with Crippen LogP contribution in [0.1, 0.15) is 30.1 Å². The van der Waals surface area contributed by atoms with Gasteiger partial charge in [0.15, 0.2) is 0 Å². The van der Waals surface area contributed by atoms with Crippen molar-refractivity contribution < 1.29 is 23.9 Å². The van der Waals surface area contributed by atoms with Crippen molar-refractivity contribution in [2.24, 2.45) is 5.92 Å². The van der Waals surface area contributed by atoms with Crippen molar-refractivity contribution in [3.05, 3.63) is 23.8 Å². The lowest BCUT2D eigenvalue weighted by Crippen LogP contribution is -2.42. The molecule has 0 bridgehead atoms. The highest BCUT2D eigenvalue weighted by Gasteiger charge is 2.27. The highest BCUT2D eigenvalue weighted by Crippen LogP contribution is 2.25. The molecular weight excluding hydrogens is 362 g/mol. The topological polar surface area (TPSA) is 88.2 Å². The Labute approximate surface area is 165 Å². The standard InChI is InChI=1S/C20H29N3O5/c1-5-28-13-18(24)23-10-8-14(9-11-23)19(25)21-15-6-7-17(27-4)16(12-15)20(26)22(2)3/h6-7,12,14H,5,8-11,13H2,1-4H3,(H,21,25). The van der Waals surface area contributed by atoms with E-state index in [4.69, 9.17) is 9.47 Å². The third-order valence-corrected chi connectivity index (χ3v) is 4.75. The van der Waals surface area contributed by atoms with Crippen LogP contribution in [-0.4, -0.2) is 75.0 Å². The summed E-state index contributed by atoms with van der Waals surface area (Å²) in [7, 11) is 4.82. The van der Waals surface area contributed by atoms with Gasteiger partial charge in [-0.1, -0.05) is 0 Å². The summed E-state index contributed by atoms with van der Waals surface area (Å²) in [4.78, 5) is 40.1. The van der Waals surface area contributed by atoms with Crippen LogP contribution in [0.4, 0.5) is 5.69 Å². The van der Waals surface area contributed by atoms with Gasteiger partial charge in [0.1, 0.15) is 12.4 Å². The van der Waals surface area contributed by atoms with Crippen LogP contribution in [0.15, 0.2) is 18.2 Å². The first-order valence-corrected chi connectivity index (χ1v) is 9.43. The minimum absolute atomic E-state index is 0.0392. The summed E-state index contributed by atoms with van der Waals surface area (Å²) in [5.74, 6) is -0.0637. The van der Waals surface area contributed by atoms with E-state index in [0.29, 0.717) is 49.5 Å². The molecule has 0 atom stereocenters. The second kappa shape index (κ2) is 10.1. The number of benzene rings is 1. The van der Waals surface area contributed by atoms with Gasteiger partial charge in [0.25, 0.3) is 5.91 Å². The quantitative estimate of drug-likeness (QED) is 0.763. The number of amides is 3. The molecule has 1 N–H and O–H groups in total. The Bertz CT molecular complexity index is 712. The maximum Gasteiger partial charge on any atom is 0.257 e. The monoisotopic (exact) mass is 391 g/mol. The zero-order valence-corrected chi connectivity index (χ0v) is 17.0. The van der Waals surface area contributed by atoms with Gasteiger partial charge in [-0.15, -0.1) is 0 Å². The minimum Gasteiger partial charge on any atom is -0.496 e. The average molecular weight is 391 g/mol. The third-order valence-electron chi connectivity index (χ3n) is 4.75. The van der Waals surface area contributed by atoms with Crippen LogP contribution < -0.4 is 10.1 Å². The van der Waals surface area contributed by atoms with Gasteiger partial charge in [-0.2, -0.15) is 0 Å². The SMILES string of the molecule is CCOCC(=O)N1CCC(C(=O)Nc2ccc(OC)c(C(=O)N(C)C)c2)CC1. The molecule has 154 valence electrons. The lowest BCUT2D eigenvalue weighted by Gasteiger charge is -2.31. The van der Waals surface area contributed by atoms with Crippen molar-refractivity contribution in [3.8, 4) is 5.75 Å². The molecule has 8 heteroatoms. The zero-order chi connectivity index (χ0) is 20.7. The van der Waals surface area contributed by atoms with Gasteiger partial charge in [0.05, 0.1) is 12.7 Å². The number of rotatable bonds is 7. The van der Waals surface area contributed by atoms with Crippen molar-refractivity contribution in [2.45, 2.75) is 19.8 Å². The summed E-state index contributed by atoms with van der Waals surface area (Å²) in [5, 5.41) is 2.88. The van der Waals surface area contributed by atoms with E-state index in [1.807, 2.05) is 6.92 Å². The van der Waals surface area contributed by atoms with Gasteiger partial charge in [0.2, 0.25) is 11.8 Å². The fourth-order valence-electron chi connectivity index (χ4n) is 3.11. The fraction of sp³-hybridized carbons (Fsp3) is 0.550. The van der Waals surface area contributed by atoms with Gasteiger partial charge >= 0.3 is 0 Å². The molecule has 0 unspecified atom stereocenters. The lowest BCUT2D eigenvalue weighted by molar-refractivity contribution is -0.138. The van der Waals surface area contributed by atoms with Gasteiger partial charge in [-0.25, -0.2) is 0 Å². The van der Waals surface area contributed by atoms with Crippen LogP contribution in [-0.2, 0) is 14.3 Å². The minimum atomic E-state index is -0.200. The van der Waals surface area contributed by atoms with E-state index >= 15 is 0 Å². The molecule has 1 aliphatic heterocycles. The van der Waals surface area contributed by atoms with Crippen LogP contribution >= 0.6 is 0 Å². The van der Waals surface area contributed by atoms with E-state index in [9.17, 15) is 14.4 Å². The third kappa shape index (κ3) is 5.45. The molecule has 0 aliphatic carbocycles. The highest BCUT2D eigenvalue weighted by molar-refractivity contribution is 5.99. The first kappa shape index (κ1) is 21.7. The molecule has 0 radical (unpaired) electrons. The van der Waals surface area contributed by atoms with Crippen molar-refractivity contribution in [1.82, 2.24) is 9.80 Å². The van der Waals surface area contributed by atoms with Gasteiger partial charge in [-0.3, -0.25) is 14.4 Å². The van der Waals surface area contributed by atoms with Crippen molar-refractivity contribution in [1.29, 1.82) is 0 Å². The van der Waals surface area contributed by atoms with Crippen molar-refractivity contribution >= 4 is 23.4 Å². The van der Waals surface area contributed by atoms with Gasteiger partial charge in [-0.05, 0) is 38.0 Å². The predicted molar refractivity (Wildman–Crippen MR) is 105 cm³/mol. The number of carbonyl (C=O) groups is 3. The number of nitrogens with one attached hydrogen (secondary N) is 1.